The molecule has 0 unspecified atom stereocenters. The molecule has 1 N–H and O–H groups in total. The Bertz CT molecular complexity index is 434. The molecule has 1 rings (SSSR count). The third-order valence-electron chi connectivity index (χ3n) is 3.36. The number of hydrogen-bond acceptors (Lipinski definition) is 1. The van der Waals surface area contributed by atoms with Gasteiger partial charge in [-0.25, -0.2) is 4.59 Å². The molecule has 0 aromatic heterocycles. The van der Waals surface area contributed by atoms with Crippen molar-refractivity contribution in [3.05, 3.63) is 48.0 Å². The zero-order chi connectivity index (χ0) is 15.0. The van der Waals surface area contributed by atoms with Gasteiger partial charge in [0.25, 0.3) is 5.91 Å². The van der Waals surface area contributed by atoms with Crippen LogP contribution in [0.1, 0.15) is 39.2 Å². The summed E-state index contributed by atoms with van der Waals surface area (Å²) in [6, 6.07) is 10.3. The third-order valence-corrected chi connectivity index (χ3v) is 3.36. The number of amides is 1. The van der Waals surface area contributed by atoms with Gasteiger partial charge in [0.15, 0.2) is 0 Å². The van der Waals surface area contributed by atoms with Crippen molar-refractivity contribution in [2.75, 3.05) is 13.1 Å². The van der Waals surface area contributed by atoms with E-state index in [1.807, 2.05) is 18.2 Å². The molecule has 1 aromatic carbocycles. The number of rotatable bonds is 8. The van der Waals surface area contributed by atoms with Crippen molar-refractivity contribution in [3.8, 4) is 0 Å². The van der Waals surface area contributed by atoms with E-state index in [0.717, 1.165) is 32.5 Å². The van der Waals surface area contributed by atoms with Gasteiger partial charge in [-0.1, -0.05) is 50.8 Å². The summed E-state index contributed by atoms with van der Waals surface area (Å²) < 4.78 is 0.600. The second-order valence-electron chi connectivity index (χ2n) is 5.46. The Labute approximate surface area is 122 Å². The van der Waals surface area contributed by atoms with Gasteiger partial charge in [-0.05, 0) is 19.8 Å². The third kappa shape index (κ3) is 4.82. The van der Waals surface area contributed by atoms with E-state index in [1.54, 1.807) is 6.92 Å². The summed E-state index contributed by atoms with van der Waals surface area (Å²) in [5, 5.41) is 0. The summed E-state index contributed by atoms with van der Waals surface area (Å²) in [6.07, 6.45) is 2.06. The molecule has 0 aliphatic rings. The highest BCUT2D eigenvalue weighted by Crippen LogP contribution is 2.14. The normalized spacial score (nSPS) is 11.2. The fourth-order valence-electron chi connectivity index (χ4n) is 2.52. The minimum absolute atomic E-state index is 0.0529. The van der Waals surface area contributed by atoms with Crippen LogP contribution in [0.25, 0.3) is 0 Å². The van der Waals surface area contributed by atoms with Crippen LogP contribution in [0.4, 0.5) is 0 Å². The van der Waals surface area contributed by atoms with Crippen molar-refractivity contribution >= 4 is 5.91 Å². The lowest BCUT2D eigenvalue weighted by Gasteiger charge is -2.37. The largest absolute Gasteiger partial charge is 0.291 e. The first-order chi connectivity index (χ1) is 9.53. The Morgan fingerprint density at radius 1 is 1.15 bits per heavy atom. The highest BCUT2D eigenvalue weighted by Gasteiger charge is 2.29. The smallest absolute Gasteiger partial charge is 0.265 e. The SMILES string of the molecule is C=C(C)C(=O)N[N+](CCC)(CCC)Cc1ccccc1. The Kier molecular flexibility index (Phi) is 6.46. The fraction of sp³-hybridized carbons (Fsp3) is 0.471. The maximum absolute atomic E-state index is 12.1. The molecule has 3 nitrogen and oxygen atoms in total. The number of carbonyl (C=O) groups excluding carboxylic acids is 1. The second-order valence-corrected chi connectivity index (χ2v) is 5.46. The van der Waals surface area contributed by atoms with Crippen LogP contribution in [0, 0.1) is 0 Å². The first-order valence-corrected chi connectivity index (χ1v) is 7.41. The van der Waals surface area contributed by atoms with Crippen molar-refractivity contribution in [3.63, 3.8) is 0 Å². The fourth-order valence-corrected chi connectivity index (χ4v) is 2.52. The van der Waals surface area contributed by atoms with Gasteiger partial charge in [-0.3, -0.25) is 4.79 Å². The Morgan fingerprint density at radius 3 is 2.15 bits per heavy atom. The predicted molar refractivity (Wildman–Crippen MR) is 83.7 cm³/mol. The van der Waals surface area contributed by atoms with E-state index in [9.17, 15) is 4.79 Å². The molecule has 0 spiro atoms. The van der Waals surface area contributed by atoms with Gasteiger partial charge in [0.1, 0.15) is 19.6 Å². The van der Waals surface area contributed by atoms with E-state index in [4.69, 9.17) is 0 Å². The van der Waals surface area contributed by atoms with Crippen LogP contribution >= 0.6 is 0 Å². The molecule has 1 amide bonds. The summed E-state index contributed by atoms with van der Waals surface area (Å²) in [5.41, 5.74) is 4.99. The standard InChI is InChI=1S/C17H26N2O/c1-5-12-19(13-6-2,18-17(20)15(3)4)14-16-10-8-7-9-11-16/h7-11H,3,5-6,12-14H2,1-2,4H3/p+1. The minimum Gasteiger partial charge on any atom is -0.265 e. The number of carbonyl (C=O) groups is 1. The maximum atomic E-state index is 12.1. The van der Waals surface area contributed by atoms with E-state index < -0.39 is 0 Å². The van der Waals surface area contributed by atoms with Crippen molar-refractivity contribution < 1.29 is 9.39 Å². The molecule has 0 bridgehead atoms. The van der Waals surface area contributed by atoms with Gasteiger partial charge in [-0.15, -0.1) is 0 Å². The van der Waals surface area contributed by atoms with Crippen molar-refractivity contribution in [2.45, 2.75) is 40.2 Å². The zero-order valence-electron chi connectivity index (χ0n) is 13.0. The average Bonchev–Trinajstić information content (AvgIpc) is 2.40. The summed E-state index contributed by atoms with van der Waals surface area (Å²) in [4.78, 5) is 12.1. The van der Waals surface area contributed by atoms with Gasteiger partial charge in [0.2, 0.25) is 0 Å². The number of nitrogens with one attached hydrogen (secondary N) is 1. The van der Waals surface area contributed by atoms with Gasteiger partial charge in [0, 0.05) is 11.1 Å². The number of quaternary nitrogens is 1. The van der Waals surface area contributed by atoms with Crippen LogP contribution in [-0.4, -0.2) is 23.6 Å². The van der Waals surface area contributed by atoms with E-state index in [-0.39, 0.29) is 5.91 Å². The number of hydrogen-bond donors (Lipinski definition) is 1. The van der Waals surface area contributed by atoms with Crippen LogP contribution in [0.5, 0.6) is 0 Å². The van der Waals surface area contributed by atoms with E-state index in [0.29, 0.717) is 10.2 Å². The number of nitrogens with zero attached hydrogens (tertiary/aromatic N) is 1. The van der Waals surface area contributed by atoms with Crippen LogP contribution < -0.4 is 5.43 Å². The van der Waals surface area contributed by atoms with E-state index in [2.05, 4.69) is 38.0 Å². The molecule has 1 aromatic rings. The molecule has 0 atom stereocenters. The lowest BCUT2D eigenvalue weighted by Crippen LogP contribution is -2.60. The minimum atomic E-state index is -0.0529. The van der Waals surface area contributed by atoms with Crippen LogP contribution in [0.2, 0.25) is 0 Å². The molecule has 0 saturated heterocycles. The van der Waals surface area contributed by atoms with Gasteiger partial charge in [-0.2, -0.15) is 5.43 Å². The molecule has 0 saturated carbocycles. The average molecular weight is 275 g/mol. The van der Waals surface area contributed by atoms with Crippen LogP contribution in [0.15, 0.2) is 42.5 Å². The summed E-state index contributed by atoms with van der Waals surface area (Å²) in [6.45, 7) is 12.5. The van der Waals surface area contributed by atoms with E-state index >= 15 is 0 Å². The summed E-state index contributed by atoms with van der Waals surface area (Å²) in [7, 11) is 0. The number of benzene rings is 1. The molecular formula is C17H27N2O+. The molecular weight excluding hydrogens is 248 g/mol. The quantitative estimate of drug-likeness (QED) is 0.439. The predicted octanol–water partition coefficient (Wildman–Crippen LogP) is 3.43. The Morgan fingerprint density at radius 2 is 1.70 bits per heavy atom. The lowest BCUT2D eigenvalue weighted by atomic mass is 10.2. The van der Waals surface area contributed by atoms with Crippen molar-refractivity contribution in [1.82, 2.24) is 5.43 Å². The van der Waals surface area contributed by atoms with Gasteiger partial charge in [0.05, 0.1) is 0 Å². The monoisotopic (exact) mass is 275 g/mol. The Balaban J connectivity index is 2.97. The van der Waals surface area contributed by atoms with Crippen molar-refractivity contribution in [2.24, 2.45) is 0 Å². The van der Waals surface area contributed by atoms with Crippen LogP contribution in [-0.2, 0) is 11.3 Å². The first kappa shape index (κ1) is 16.4. The maximum Gasteiger partial charge on any atom is 0.291 e. The van der Waals surface area contributed by atoms with E-state index in [1.165, 1.54) is 5.56 Å². The summed E-state index contributed by atoms with van der Waals surface area (Å²) in [5.74, 6) is -0.0529. The summed E-state index contributed by atoms with van der Waals surface area (Å²) >= 11 is 0. The first-order valence-electron chi connectivity index (χ1n) is 7.41. The highest BCUT2D eigenvalue weighted by atomic mass is 16.2. The molecule has 0 radical (unpaired) electrons. The molecule has 0 aliphatic carbocycles. The highest BCUT2D eigenvalue weighted by molar-refractivity contribution is 5.91. The second kappa shape index (κ2) is 7.85. The molecule has 0 heterocycles. The lowest BCUT2D eigenvalue weighted by molar-refractivity contribution is -0.973. The molecule has 0 aliphatic heterocycles. The van der Waals surface area contributed by atoms with Crippen molar-refractivity contribution in [1.29, 1.82) is 0 Å². The molecule has 3 heteroatoms. The Hall–Kier alpha value is -1.61. The topological polar surface area (TPSA) is 29.1 Å². The van der Waals surface area contributed by atoms with Gasteiger partial charge < -0.3 is 0 Å². The molecule has 0 fully saturated rings. The molecule has 20 heavy (non-hydrogen) atoms. The zero-order valence-corrected chi connectivity index (χ0v) is 13.0. The molecule has 110 valence electrons. The van der Waals surface area contributed by atoms with Crippen LogP contribution in [0.3, 0.4) is 0 Å². The van der Waals surface area contributed by atoms with Gasteiger partial charge >= 0.3 is 0 Å².